The van der Waals surface area contributed by atoms with Gasteiger partial charge in [-0.2, -0.15) is 0 Å². The zero-order valence-corrected chi connectivity index (χ0v) is 14.5. The molecule has 6 heteroatoms. The maximum absolute atomic E-state index is 12.0. The maximum atomic E-state index is 12.0. The lowest BCUT2D eigenvalue weighted by Crippen LogP contribution is -2.15. The topological polar surface area (TPSA) is 60.2 Å². The largest absolute Gasteiger partial charge is 0.238 e. The fourth-order valence-electron chi connectivity index (χ4n) is 2.63. The lowest BCUT2D eigenvalue weighted by molar-refractivity contribution is 0.596. The van der Waals surface area contributed by atoms with E-state index in [0.717, 1.165) is 31.2 Å². The summed E-state index contributed by atoms with van der Waals surface area (Å²) in [6, 6.07) is 8.90. The van der Waals surface area contributed by atoms with E-state index in [2.05, 4.69) is 0 Å². The van der Waals surface area contributed by atoms with E-state index in [4.69, 9.17) is 28.3 Å². The van der Waals surface area contributed by atoms with Crippen LogP contribution in [0.3, 0.4) is 0 Å². The Hall–Kier alpha value is -0.810. The molecule has 0 aliphatic carbocycles. The highest BCUT2D eigenvalue weighted by Gasteiger charge is 2.18. The van der Waals surface area contributed by atoms with Crippen molar-refractivity contribution in [1.82, 2.24) is 0 Å². The van der Waals surface area contributed by atoms with E-state index in [1.54, 1.807) is 18.2 Å². The van der Waals surface area contributed by atoms with E-state index < -0.39 is 10.0 Å². The summed E-state index contributed by atoms with van der Waals surface area (Å²) >= 11 is 11.8. The van der Waals surface area contributed by atoms with E-state index in [0.29, 0.717) is 28.1 Å². The molecule has 2 aromatic carbocycles. The minimum absolute atomic E-state index is 0.199. The summed E-state index contributed by atoms with van der Waals surface area (Å²) in [6.07, 6.45) is 4.64. The van der Waals surface area contributed by atoms with Gasteiger partial charge in [-0.05, 0) is 30.9 Å². The van der Waals surface area contributed by atoms with E-state index in [9.17, 15) is 8.42 Å². The number of halogens is 2. The first-order valence-corrected chi connectivity index (χ1v) is 9.70. The molecule has 2 aromatic rings. The Morgan fingerprint density at radius 1 is 0.955 bits per heavy atom. The molecular formula is C16H19Cl2NO2S. The van der Waals surface area contributed by atoms with Crippen LogP contribution in [0.5, 0.6) is 0 Å². The highest BCUT2D eigenvalue weighted by atomic mass is 35.5. The van der Waals surface area contributed by atoms with Gasteiger partial charge < -0.3 is 0 Å². The number of benzene rings is 2. The Morgan fingerprint density at radius 2 is 1.68 bits per heavy atom. The molecular weight excluding hydrogens is 341 g/mol. The molecule has 2 rings (SSSR count). The van der Waals surface area contributed by atoms with Crippen molar-refractivity contribution in [1.29, 1.82) is 0 Å². The van der Waals surface area contributed by atoms with E-state index in [1.807, 2.05) is 12.1 Å². The molecule has 0 radical (unpaired) electrons. The number of hydrogen-bond donors (Lipinski definition) is 1. The molecule has 0 bridgehead atoms. The second kappa shape index (κ2) is 7.64. The zero-order chi connectivity index (χ0) is 16.2. The standard InChI is InChI=1S/C16H19Cl2NO2S/c17-11-4-2-1-3-6-12-9-10-13-14(7-5-8-15(13)18)16(12)22(19,20)21/h5,7-10H,1-4,6,11H2,(H2,19,20,21). The first-order valence-electron chi connectivity index (χ1n) is 7.24. The summed E-state index contributed by atoms with van der Waals surface area (Å²) in [5.41, 5.74) is 0.753. The predicted molar refractivity (Wildman–Crippen MR) is 93.2 cm³/mol. The van der Waals surface area contributed by atoms with Gasteiger partial charge in [0.15, 0.2) is 0 Å². The number of alkyl halides is 1. The van der Waals surface area contributed by atoms with Gasteiger partial charge in [-0.15, -0.1) is 11.6 Å². The van der Waals surface area contributed by atoms with Crippen LogP contribution in [-0.4, -0.2) is 14.3 Å². The smallest absolute Gasteiger partial charge is 0.225 e. The number of nitrogens with two attached hydrogens (primary N) is 1. The molecule has 0 fully saturated rings. The van der Waals surface area contributed by atoms with Crippen LogP contribution in [0.4, 0.5) is 0 Å². The van der Waals surface area contributed by atoms with Crippen molar-refractivity contribution in [3.05, 3.63) is 40.9 Å². The van der Waals surface area contributed by atoms with Crippen molar-refractivity contribution in [3.63, 3.8) is 0 Å². The van der Waals surface area contributed by atoms with Crippen molar-refractivity contribution >= 4 is 44.0 Å². The summed E-state index contributed by atoms with van der Waals surface area (Å²) in [5.74, 6) is 0.664. The first kappa shape index (κ1) is 17.5. The molecule has 0 aliphatic heterocycles. The second-order valence-corrected chi connectivity index (χ2v) is 7.57. The lowest BCUT2D eigenvalue weighted by Gasteiger charge is -2.12. The fraction of sp³-hybridized carbons (Fsp3) is 0.375. The van der Waals surface area contributed by atoms with Crippen molar-refractivity contribution in [2.45, 2.75) is 37.0 Å². The molecule has 3 nitrogen and oxygen atoms in total. The zero-order valence-electron chi connectivity index (χ0n) is 12.2. The minimum atomic E-state index is -3.80. The molecule has 0 saturated heterocycles. The third kappa shape index (κ3) is 4.13. The van der Waals surface area contributed by atoms with Crippen molar-refractivity contribution in [3.8, 4) is 0 Å². The van der Waals surface area contributed by atoms with Gasteiger partial charge in [-0.3, -0.25) is 0 Å². The van der Waals surface area contributed by atoms with E-state index in [1.165, 1.54) is 0 Å². The van der Waals surface area contributed by atoms with Gasteiger partial charge in [0.05, 0.1) is 4.90 Å². The first-order chi connectivity index (χ1) is 10.4. The van der Waals surface area contributed by atoms with Crippen LogP contribution in [0.2, 0.25) is 5.02 Å². The van der Waals surface area contributed by atoms with Gasteiger partial charge in [-0.25, -0.2) is 13.6 Å². The van der Waals surface area contributed by atoms with E-state index >= 15 is 0 Å². The molecule has 0 aromatic heterocycles. The fourth-order valence-corrected chi connectivity index (χ4v) is 4.08. The number of hydrogen-bond acceptors (Lipinski definition) is 2. The van der Waals surface area contributed by atoms with Crippen LogP contribution in [0, 0.1) is 0 Å². The average Bonchev–Trinajstić information content (AvgIpc) is 2.45. The number of rotatable bonds is 7. The molecule has 0 saturated carbocycles. The molecule has 0 heterocycles. The Bertz CT molecular complexity index is 760. The summed E-state index contributed by atoms with van der Waals surface area (Å²) in [5, 5.41) is 7.26. The molecule has 0 spiro atoms. The Morgan fingerprint density at radius 3 is 2.36 bits per heavy atom. The molecule has 0 aliphatic rings. The van der Waals surface area contributed by atoms with Gasteiger partial charge in [0.2, 0.25) is 10.0 Å². The minimum Gasteiger partial charge on any atom is -0.225 e. The number of fused-ring (bicyclic) bond motifs is 1. The SMILES string of the molecule is NS(=O)(=O)c1c(CCCCCCCl)ccc2c(Cl)cccc12. The van der Waals surface area contributed by atoms with Crippen LogP contribution in [0.15, 0.2) is 35.2 Å². The Kier molecular flexibility index (Phi) is 6.09. The van der Waals surface area contributed by atoms with Crippen LogP contribution in [0.25, 0.3) is 10.8 Å². The van der Waals surface area contributed by atoms with Crippen LogP contribution in [0.1, 0.15) is 31.2 Å². The highest BCUT2D eigenvalue weighted by Crippen LogP contribution is 2.31. The number of primary sulfonamides is 1. The van der Waals surface area contributed by atoms with Crippen molar-refractivity contribution in [2.24, 2.45) is 5.14 Å². The summed E-state index contributed by atoms with van der Waals surface area (Å²) < 4.78 is 24.1. The molecule has 22 heavy (non-hydrogen) atoms. The molecule has 0 unspecified atom stereocenters. The number of sulfonamides is 1. The Balaban J connectivity index is 2.38. The van der Waals surface area contributed by atoms with Crippen LogP contribution < -0.4 is 5.14 Å². The van der Waals surface area contributed by atoms with Crippen molar-refractivity contribution < 1.29 is 8.42 Å². The maximum Gasteiger partial charge on any atom is 0.238 e. The monoisotopic (exact) mass is 359 g/mol. The Labute approximate surface area is 141 Å². The summed E-state index contributed by atoms with van der Waals surface area (Å²) in [6.45, 7) is 0. The van der Waals surface area contributed by atoms with Gasteiger partial charge in [-0.1, -0.05) is 48.7 Å². The predicted octanol–water partition coefficient (Wildman–Crippen LogP) is 4.48. The molecule has 2 N–H and O–H groups in total. The molecule has 120 valence electrons. The van der Waals surface area contributed by atoms with Gasteiger partial charge in [0.1, 0.15) is 0 Å². The summed E-state index contributed by atoms with van der Waals surface area (Å²) in [7, 11) is -3.80. The second-order valence-electron chi connectivity index (χ2n) is 5.29. The average molecular weight is 360 g/mol. The third-order valence-corrected chi connectivity index (χ3v) is 5.30. The van der Waals surface area contributed by atoms with Gasteiger partial charge in [0.25, 0.3) is 0 Å². The van der Waals surface area contributed by atoms with Crippen LogP contribution in [-0.2, 0) is 16.4 Å². The van der Waals surface area contributed by atoms with Crippen LogP contribution >= 0.6 is 23.2 Å². The summed E-state index contributed by atoms with van der Waals surface area (Å²) in [4.78, 5) is 0.199. The quantitative estimate of drug-likeness (QED) is 0.584. The van der Waals surface area contributed by atoms with E-state index in [-0.39, 0.29) is 4.90 Å². The number of unbranched alkanes of at least 4 members (excludes halogenated alkanes) is 3. The normalized spacial score (nSPS) is 12.0. The number of aryl methyl sites for hydroxylation is 1. The third-order valence-electron chi connectivity index (χ3n) is 3.65. The van der Waals surface area contributed by atoms with Gasteiger partial charge >= 0.3 is 0 Å². The van der Waals surface area contributed by atoms with Gasteiger partial charge in [0, 0.05) is 21.7 Å². The lowest BCUT2D eigenvalue weighted by atomic mass is 10.0. The molecule has 0 amide bonds. The molecule has 0 atom stereocenters. The highest BCUT2D eigenvalue weighted by molar-refractivity contribution is 7.89. The van der Waals surface area contributed by atoms with Crippen molar-refractivity contribution in [2.75, 3.05) is 5.88 Å².